The van der Waals surface area contributed by atoms with E-state index in [-0.39, 0.29) is 5.54 Å². The van der Waals surface area contributed by atoms with Crippen LogP contribution >= 0.6 is 0 Å². The zero-order valence-corrected chi connectivity index (χ0v) is 19.7. The average molecular weight is 412 g/mol. The molecule has 0 unspecified atom stereocenters. The molecule has 30 heavy (non-hydrogen) atoms. The van der Waals surface area contributed by atoms with Gasteiger partial charge in [0, 0.05) is 24.7 Å². The molecule has 1 N–H and O–H groups in total. The number of nitrogens with zero attached hydrogens (tertiary/aromatic N) is 3. The summed E-state index contributed by atoms with van der Waals surface area (Å²) in [7, 11) is -0.495. The quantitative estimate of drug-likeness (QED) is 0.724. The maximum atomic E-state index is 9.72. The van der Waals surface area contributed by atoms with Gasteiger partial charge in [0.25, 0.3) is 0 Å². The zero-order valence-electron chi connectivity index (χ0n) is 19.7. The number of aromatic nitrogens is 1. The van der Waals surface area contributed by atoms with Gasteiger partial charge in [0.2, 0.25) is 0 Å². The molecule has 3 aliphatic rings. The van der Waals surface area contributed by atoms with E-state index >= 15 is 0 Å². The molecule has 0 radical (unpaired) electrons. The highest BCUT2D eigenvalue weighted by molar-refractivity contribution is 6.62. The van der Waals surface area contributed by atoms with Crippen LogP contribution in [0.1, 0.15) is 73.3 Å². The number of anilines is 1. The van der Waals surface area contributed by atoms with Crippen molar-refractivity contribution >= 4 is 18.4 Å². The summed E-state index contributed by atoms with van der Waals surface area (Å²) < 4.78 is 12.2. The molecule has 1 aliphatic carbocycles. The third-order valence-electron chi connectivity index (χ3n) is 6.96. The molecule has 0 amide bonds. The minimum absolute atomic E-state index is 0.154. The van der Waals surface area contributed by atoms with Crippen LogP contribution in [0.25, 0.3) is 0 Å². The molecule has 3 heterocycles. The first kappa shape index (κ1) is 23.1. The van der Waals surface area contributed by atoms with E-state index in [9.17, 15) is 5.26 Å². The number of pyridine rings is 1. The molecular weight excluding hydrogens is 375 g/mol. The largest absolute Gasteiger partial charge is 0.496 e. The minimum atomic E-state index is -0.495. The number of nitrogens with one attached hydrogen (secondary N) is 1. The Morgan fingerprint density at radius 1 is 1.20 bits per heavy atom. The molecule has 0 spiro atoms. The second-order valence-corrected chi connectivity index (χ2v) is 9.65. The van der Waals surface area contributed by atoms with Gasteiger partial charge in [-0.2, -0.15) is 5.26 Å². The molecule has 7 heteroatoms. The lowest BCUT2D eigenvalue weighted by atomic mass is 9.79. The second kappa shape index (κ2) is 8.49. The van der Waals surface area contributed by atoms with Gasteiger partial charge in [0.1, 0.15) is 11.9 Å². The summed E-state index contributed by atoms with van der Waals surface area (Å²) in [5.74, 6) is 1.63. The Hall–Kier alpha value is -1.62. The van der Waals surface area contributed by atoms with Crippen molar-refractivity contribution in [2.75, 3.05) is 24.5 Å². The molecule has 1 aromatic heterocycles. The summed E-state index contributed by atoms with van der Waals surface area (Å²) in [6.07, 6.45) is 5.60. The third-order valence-corrected chi connectivity index (χ3v) is 6.96. The van der Waals surface area contributed by atoms with E-state index < -0.39 is 18.3 Å². The van der Waals surface area contributed by atoms with Gasteiger partial charge < -0.3 is 19.5 Å². The lowest BCUT2D eigenvalue weighted by Crippen LogP contribution is -2.69. The third kappa shape index (κ3) is 4.37. The van der Waals surface area contributed by atoms with Gasteiger partial charge in [0.15, 0.2) is 0 Å². The Labute approximate surface area is 182 Å². The normalized spacial score (nSPS) is 23.3. The van der Waals surface area contributed by atoms with Crippen LogP contribution in [0, 0.1) is 17.2 Å². The van der Waals surface area contributed by atoms with Gasteiger partial charge in [-0.05, 0) is 65.5 Å². The fourth-order valence-corrected chi connectivity index (χ4v) is 3.89. The van der Waals surface area contributed by atoms with Gasteiger partial charge in [-0.1, -0.05) is 20.8 Å². The minimum Gasteiger partial charge on any atom is -0.399 e. The SMILES string of the molecule is CC.CCC1(NCC2CC2)CN(c2ncc(B3OC(C)(C)C(C)(C)O3)cc2C#N)C1. The lowest BCUT2D eigenvalue weighted by molar-refractivity contribution is 0.00578. The molecule has 1 aromatic rings. The Bertz CT molecular complexity index is 779. The zero-order chi connectivity index (χ0) is 22.2. The highest BCUT2D eigenvalue weighted by Gasteiger charge is 2.52. The van der Waals surface area contributed by atoms with Gasteiger partial charge in [-0.25, -0.2) is 4.98 Å². The molecular formula is C23H37BN4O2. The Balaban J connectivity index is 0.00000124. The van der Waals surface area contributed by atoms with Gasteiger partial charge in [0.05, 0.1) is 22.3 Å². The Morgan fingerprint density at radius 2 is 1.80 bits per heavy atom. The molecule has 4 rings (SSSR count). The predicted molar refractivity (Wildman–Crippen MR) is 122 cm³/mol. The van der Waals surface area contributed by atoms with E-state index in [1.54, 1.807) is 6.20 Å². The van der Waals surface area contributed by atoms with Crippen molar-refractivity contribution < 1.29 is 9.31 Å². The van der Waals surface area contributed by atoms with Gasteiger partial charge in [-0.3, -0.25) is 0 Å². The first-order valence-electron chi connectivity index (χ1n) is 11.4. The number of rotatable bonds is 6. The maximum Gasteiger partial charge on any atom is 0.496 e. The maximum absolute atomic E-state index is 9.72. The van der Waals surface area contributed by atoms with Gasteiger partial charge in [-0.15, -0.1) is 0 Å². The van der Waals surface area contributed by atoms with E-state index in [2.05, 4.69) is 28.2 Å². The van der Waals surface area contributed by atoms with Crippen molar-refractivity contribution in [2.45, 2.75) is 84.5 Å². The molecule has 1 saturated carbocycles. The van der Waals surface area contributed by atoms with Crippen LogP contribution in [0.15, 0.2) is 12.3 Å². The first-order chi connectivity index (χ1) is 14.2. The summed E-state index contributed by atoms with van der Waals surface area (Å²) >= 11 is 0. The Morgan fingerprint density at radius 3 is 2.30 bits per heavy atom. The monoisotopic (exact) mass is 412 g/mol. The van der Waals surface area contributed by atoms with Crippen molar-refractivity contribution in [3.8, 4) is 6.07 Å². The molecule has 0 bridgehead atoms. The van der Waals surface area contributed by atoms with E-state index in [1.807, 2.05) is 47.6 Å². The summed E-state index contributed by atoms with van der Waals surface area (Å²) in [5.41, 5.74) is 0.719. The summed E-state index contributed by atoms with van der Waals surface area (Å²) in [6.45, 7) is 17.2. The highest BCUT2D eigenvalue weighted by Crippen LogP contribution is 2.37. The average Bonchev–Trinajstić information content (AvgIpc) is 3.49. The van der Waals surface area contributed by atoms with Crippen LogP contribution in [0.5, 0.6) is 0 Å². The molecule has 6 nitrogen and oxygen atoms in total. The van der Waals surface area contributed by atoms with E-state index in [1.165, 1.54) is 12.8 Å². The molecule has 3 fully saturated rings. The molecule has 164 valence electrons. The summed E-state index contributed by atoms with van der Waals surface area (Å²) in [4.78, 5) is 6.84. The van der Waals surface area contributed by atoms with Gasteiger partial charge >= 0.3 is 7.12 Å². The predicted octanol–water partition coefficient (Wildman–Crippen LogP) is 3.25. The molecule has 2 aliphatic heterocycles. The molecule has 0 atom stereocenters. The first-order valence-corrected chi connectivity index (χ1v) is 11.4. The van der Waals surface area contributed by atoms with Crippen LogP contribution in [-0.4, -0.2) is 48.5 Å². The van der Waals surface area contributed by atoms with Crippen LogP contribution < -0.4 is 15.7 Å². The van der Waals surface area contributed by atoms with Crippen molar-refractivity contribution in [1.29, 1.82) is 5.26 Å². The number of hydrogen-bond acceptors (Lipinski definition) is 6. The van der Waals surface area contributed by atoms with Crippen molar-refractivity contribution in [1.82, 2.24) is 10.3 Å². The standard InChI is InChI=1S/C21H31BN4O2.C2H6/c1-6-21(25-11-15-7-8-15)13-26(14-21)18-16(10-23)9-17(12-24-18)22-27-19(2,3)20(4,5)28-22;1-2/h9,12,15,25H,6-8,11,13-14H2,1-5H3;1-2H3. The number of hydrogen-bond donors (Lipinski definition) is 1. The smallest absolute Gasteiger partial charge is 0.399 e. The lowest BCUT2D eigenvalue weighted by Gasteiger charge is -2.51. The van der Waals surface area contributed by atoms with Crippen molar-refractivity contribution in [3.05, 3.63) is 17.8 Å². The fraction of sp³-hybridized carbons (Fsp3) is 0.739. The van der Waals surface area contributed by atoms with Crippen LogP contribution in [0.2, 0.25) is 0 Å². The molecule has 2 saturated heterocycles. The highest BCUT2D eigenvalue weighted by atomic mass is 16.7. The van der Waals surface area contributed by atoms with Crippen LogP contribution in [0.4, 0.5) is 5.82 Å². The number of nitriles is 1. The van der Waals surface area contributed by atoms with Crippen molar-refractivity contribution in [2.24, 2.45) is 5.92 Å². The molecule has 0 aromatic carbocycles. The Kier molecular flexibility index (Phi) is 6.53. The topological polar surface area (TPSA) is 70.4 Å². The van der Waals surface area contributed by atoms with Crippen LogP contribution in [-0.2, 0) is 9.31 Å². The van der Waals surface area contributed by atoms with E-state index in [0.29, 0.717) is 5.56 Å². The summed E-state index contributed by atoms with van der Waals surface area (Å²) in [6, 6.07) is 4.19. The second-order valence-electron chi connectivity index (χ2n) is 9.65. The van der Waals surface area contributed by atoms with E-state index in [4.69, 9.17) is 9.31 Å². The van der Waals surface area contributed by atoms with E-state index in [0.717, 1.165) is 43.3 Å². The van der Waals surface area contributed by atoms with Crippen molar-refractivity contribution in [3.63, 3.8) is 0 Å². The summed E-state index contributed by atoms with van der Waals surface area (Å²) in [5, 5.41) is 13.5. The fourth-order valence-electron chi connectivity index (χ4n) is 3.89. The van der Waals surface area contributed by atoms with Crippen LogP contribution in [0.3, 0.4) is 0 Å².